The number of carbonyl (C=O) groups is 1. The highest BCUT2D eigenvalue weighted by Crippen LogP contribution is 2.24. The van der Waals surface area contributed by atoms with Crippen LogP contribution in [0.2, 0.25) is 0 Å². The molecule has 0 radical (unpaired) electrons. The lowest BCUT2D eigenvalue weighted by Gasteiger charge is -2.14. The van der Waals surface area contributed by atoms with Crippen molar-refractivity contribution >= 4 is 5.78 Å². The standard InChI is InChI=1S/C15H16O4/c1-17-12-7-5-11(6-8-12)15(18-2)10-13(16)14-4-3-9-19-14/h3-9,15H,10H2,1-2H3. The fourth-order valence-electron chi connectivity index (χ4n) is 1.86. The molecule has 0 aliphatic heterocycles. The molecule has 4 nitrogen and oxygen atoms in total. The Hall–Kier alpha value is -2.07. The molecule has 2 rings (SSSR count). The molecule has 1 atom stereocenters. The molecule has 0 saturated heterocycles. The highest BCUT2D eigenvalue weighted by molar-refractivity contribution is 5.93. The summed E-state index contributed by atoms with van der Waals surface area (Å²) in [5.74, 6) is 1.05. The van der Waals surface area contributed by atoms with Gasteiger partial charge in [-0.15, -0.1) is 0 Å². The van der Waals surface area contributed by atoms with Gasteiger partial charge in [-0.3, -0.25) is 4.79 Å². The molecule has 0 saturated carbocycles. The molecule has 1 unspecified atom stereocenters. The average molecular weight is 260 g/mol. The molecule has 0 aliphatic carbocycles. The summed E-state index contributed by atoms with van der Waals surface area (Å²) < 4.78 is 15.6. The van der Waals surface area contributed by atoms with E-state index in [4.69, 9.17) is 13.9 Å². The van der Waals surface area contributed by atoms with E-state index >= 15 is 0 Å². The molecule has 1 aromatic carbocycles. The molecule has 0 spiro atoms. The van der Waals surface area contributed by atoms with Crippen molar-refractivity contribution < 1.29 is 18.7 Å². The van der Waals surface area contributed by atoms with Crippen molar-refractivity contribution in [3.05, 3.63) is 54.0 Å². The second-order valence-corrected chi connectivity index (χ2v) is 4.10. The smallest absolute Gasteiger partial charge is 0.200 e. The van der Waals surface area contributed by atoms with Gasteiger partial charge in [0.25, 0.3) is 0 Å². The van der Waals surface area contributed by atoms with Gasteiger partial charge in [0.1, 0.15) is 5.75 Å². The van der Waals surface area contributed by atoms with Gasteiger partial charge < -0.3 is 13.9 Å². The summed E-state index contributed by atoms with van der Waals surface area (Å²) >= 11 is 0. The second kappa shape index (κ2) is 6.20. The van der Waals surface area contributed by atoms with Crippen molar-refractivity contribution in [3.8, 4) is 5.75 Å². The fourth-order valence-corrected chi connectivity index (χ4v) is 1.86. The van der Waals surface area contributed by atoms with Crippen LogP contribution in [0.15, 0.2) is 47.1 Å². The molecule has 0 aliphatic rings. The fraction of sp³-hybridized carbons (Fsp3) is 0.267. The normalized spacial score (nSPS) is 12.1. The number of rotatable bonds is 6. The quantitative estimate of drug-likeness (QED) is 0.748. The van der Waals surface area contributed by atoms with Crippen molar-refractivity contribution in [1.29, 1.82) is 0 Å². The molecular formula is C15H16O4. The zero-order chi connectivity index (χ0) is 13.7. The summed E-state index contributed by atoms with van der Waals surface area (Å²) in [6.07, 6.45) is 1.45. The first-order chi connectivity index (χ1) is 9.24. The Balaban J connectivity index is 2.09. The zero-order valence-corrected chi connectivity index (χ0v) is 11.0. The third kappa shape index (κ3) is 3.23. The van der Waals surface area contributed by atoms with Crippen molar-refractivity contribution in [2.75, 3.05) is 14.2 Å². The molecule has 0 N–H and O–H groups in total. The predicted octanol–water partition coefficient (Wildman–Crippen LogP) is 3.25. The minimum Gasteiger partial charge on any atom is -0.497 e. The van der Waals surface area contributed by atoms with Crippen molar-refractivity contribution in [3.63, 3.8) is 0 Å². The summed E-state index contributed by atoms with van der Waals surface area (Å²) in [4.78, 5) is 12.0. The molecule has 19 heavy (non-hydrogen) atoms. The largest absolute Gasteiger partial charge is 0.497 e. The SMILES string of the molecule is COc1ccc(C(CC(=O)c2ccco2)OC)cc1. The van der Waals surface area contributed by atoms with E-state index in [1.165, 1.54) is 6.26 Å². The molecule has 1 aromatic heterocycles. The highest BCUT2D eigenvalue weighted by atomic mass is 16.5. The predicted molar refractivity (Wildman–Crippen MR) is 70.4 cm³/mol. The van der Waals surface area contributed by atoms with Crippen LogP contribution in [-0.2, 0) is 4.74 Å². The van der Waals surface area contributed by atoms with Gasteiger partial charge in [-0.2, -0.15) is 0 Å². The number of carbonyl (C=O) groups excluding carboxylic acids is 1. The van der Waals surface area contributed by atoms with Crippen molar-refractivity contribution in [2.45, 2.75) is 12.5 Å². The van der Waals surface area contributed by atoms with Crippen molar-refractivity contribution in [2.24, 2.45) is 0 Å². The van der Waals surface area contributed by atoms with Crippen LogP contribution in [0.25, 0.3) is 0 Å². The Morgan fingerprint density at radius 3 is 2.47 bits per heavy atom. The first kappa shape index (κ1) is 13.4. The summed E-state index contributed by atoms with van der Waals surface area (Å²) in [5.41, 5.74) is 0.934. The number of furan rings is 1. The lowest BCUT2D eigenvalue weighted by Crippen LogP contribution is -2.08. The van der Waals surface area contributed by atoms with Crippen LogP contribution in [0.4, 0.5) is 0 Å². The van der Waals surface area contributed by atoms with E-state index < -0.39 is 0 Å². The summed E-state index contributed by atoms with van der Waals surface area (Å²) in [6, 6.07) is 10.8. The van der Waals surface area contributed by atoms with Gasteiger partial charge in [-0.1, -0.05) is 12.1 Å². The Labute approximate surface area is 111 Å². The van der Waals surface area contributed by atoms with Crippen molar-refractivity contribution in [1.82, 2.24) is 0 Å². The average Bonchev–Trinajstić information content (AvgIpc) is 2.99. The Bertz CT molecular complexity index is 514. The van der Waals surface area contributed by atoms with Gasteiger partial charge in [0, 0.05) is 13.5 Å². The van der Waals surface area contributed by atoms with Gasteiger partial charge in [0.15, 0.2) is 5.76 Å². The molecule has 2 aromatic rings. The number of methoxy groups -OCH3 is 2. The van der Waals surface area contributed by atoms with Crippen LogP contribution >= 0.6 is 0 Å². The van der Waals surface area contributed by atoms with Gasteiger partial charge in [-0.25, -0.2) is 0 Å². The molecular weight excluding hydrogens is 244 g/mol. The van der Waals surface area contributed by atoms with E-state index in [-0.39, 0.29) is 18.3 Å². The lowest BCUT2D eigenvalue weighted by molar-refractivity contribution is 0.0709. The Morgan fingerprint density at radius 1 is 1.21 bits per heavy atom. The molecule has 1 heterocycles. The third-order valence-corrected chi connectivity index (χ3v) is 2.94. The molecule has 100 valence electrons. The zero-order valence-electron chi connectivity index (χ0n) is 11.0. The minimum atomic E-state index is -0.288. The maximum absolute atomic E-state index is 12.0. The van der Waals surface area contributed by atoms with Crippen LogP contribution in [0.5, 0.6) is 5.75 Å². The van der Waals surface area contributed by atoms with Gasteiger partial charge >= 0.3 is 0 Å². The van der Waals surface area contributed by atoms with Gasteiger partial charge in [-0.05, 0) is 29.8 Å². The van der Waals surface area contributed by atoms with Crippen LogP contribution < -0.4 is 4.74 Å². The maximum Gasteiger partial charge on any atom is 0.200 e. The molecule has 0 fully saturated rings. The van der Waals surface area contributed by atoms with E-state index in [2.05, 4.69) is 0 Å². The van der Waals surface area contributed by atoms with Crippen LogP contribution in [0, 0.1) is 0 Å². The van der Waals surface area contributed by atoms with Crippen LogP contribution in [-0.4, -0.2) is 20.0 Å². The number of Topliss-reactive ketones (excluding diaryl/α,β-unsaturated/α-hetero) is 1. The van der Waals surface area contributed by atoms with E-state index in [0.717, 1.165) is 11.3 Å². The Kier molecular flexibility index (Phi) is 4.36. The first-order valence-corrected chi connectivity index (χ1v) is 5.98. The first-order valence-electron chi connectivity index (χ1n) is 5.98. The molecule has 0 bridgehead atoms. The van der Waals surface area contributed by atoms with Gasteiger partial charge in [0.05, 0.1) is 19.5 Å². The minimum absolute atomic E-state index is 0.0762. The number of benzene rings is 1. The van der Waals surface area contributed by atoms with Crippen LogP contribution in [0.3, 0.4) is 0 Å². The van der Waals surface area contributed by atoms with E-state index in [1.54, 1.807) is 26.4 Å². The second-order valence-electron chi connectivity index (χ2n) is 4.10. The number of ketones is 1. The lowest BCUT2D eigenvalue weighted by atomic mass is 10.0. The van der Waals surface area contributed by atoms with Crippen LogP contribution in [0.1, 0.15) is 28.6 Å². The third-order valence-electron chi connectivity index (χ3n) is 2.94. The molecule has 4 heteroatoms. The Morgan fingerprint density at radius 2 is 1.95 bits per heavy atom. The van der Waals surface area contributed by atoms with E-state index in [1.807, 2.05) is 24.3 Å². The monoisotopic (exact) mass is 260 g/mol. The molecule has 0 amide bonds. The van der Waals surface area contributed by atoms with E-state index in [9.17, 15) is 4.79 Å². The number of hydrogen-bond donors (Lipinski definition) is 0. The number of ether oxygens (including phenoxy) is 2. The highest BCUT2D eigenvalue weighted by Gasteiger charge is 2.18. The summed E-state index contributed by atoms with van der Waals surface area (Å²) in [7, 11) is 3.20. The maximum atomic E-state index is 12.0. The summed E-state index contributed by atoms with van der Waals surface area (Å²) in [5, 5.41) is 0. The van der Waals surface area contributed by atoms with E-state index in [0.29, 0.717) is 5.76 Å². The topological polar surface area (TPSA) is 48.7 Å². The number of hydrogen-bond acceptors (Lipinski definition) is 4. The van der Waals surface area contributed by atoms with Gasteiger partial charge in [0.2, 0.25) is 5.78 Å². The summed E-state index contributed by atoms with van der Waals surface area (Å²) in [6.45, 7) is 0.